The Morgan fingerprint density at radius 2 is 0.505 bits per heavy atom. The van der Waals surface area contributed by atoms with Gasteiger partial charge in [-0.1, -0.05) is 331 Å². The van der Waals surface area contributed by atoms with Crippen molar-refractivity contribution in [2.45, 2.75) is 401 Å². The van der Waals surface area contributed by atoms with E-state index in [1.165, 1.54) is 180 Å². The number of aliphatic hydroxyl groups excluding tert-OH is 1. The number of aliphatic hydroxyl groups is 1. The summed E-state index contributed by atoms with van der Waals surface area (Å²) in [5, 5.41) is 10.6. The van der Waals surface area contributed by atoms with E-state index in [0.29, 0.717) is 31.6 Å². The molecule has 0 fully saturated rings. The van der Waals surface area contributed by atoms with E-state index in [0.717, 1.165) is 114 Å². The van der Waals surface area contributed by atoms with E-state index < -0.39 is 97.5 Å². The number of carbonyl (C=O) groups excluding carboxylic acids is 4. The van der Waals surface area contributed by atoms with E-state index in [2.05, 4.69) is 55.4 Å². The molecule has 0 heterocycles. The van der Waals surface area contributed by atoms with Crippen LogP contribution in [0.25, 0.3) is 0 Å². The molecule has 564 valence electrons. The van der Waals surface area contributed by atoms with Crippen LogP contribution in [0.4, 0.5) is 0 Å². The van der Waals surface area contributed by atoms with Gasteiger partial charge in [0.1, 0.15) is 19.3 Å². The number of phosphoric ester groups is 2. The maximum atomic E-state index is 13.1. The van der Waals surface area contributed by atoms with Crippen molar-refractivity contribution in [1.29, 1.82) is 0 Å². The van der Waals surface area contributed by atoms with Gasteiger partial charge in [-0.25, -0.2) is 9.13 Å². The number of carbonyl (C=O) groups is 4. The number of hydrogen-bond donors (Lipinski definition) is 3. The molecule has 0 bridgehead atoms. The second-order valence-electron chi connectivity index (χ2n) is 28.8. The SMILES string of the molecule is CCC(C)CCCCCCCCCCCCCCCCC(=O)O[C@H](COC(=O)CCCCCCCCCCCCCCCCCC(C)C)COP(=O)(O)OC[C@@H](O)COP(=O)(O)OC[C@@H](COC(=O)CCCCCCCCC(C)CC)OC(=O)CCCCCCCCC(C)C. The Kier molecular flexibility index (Phi) is 64.0. The van der Waals surface area contributed by atoms with Crippen LogP contribution >= 0.6 is 15.6 Å². The van der Waals surface area contributed by atoms with Crippen LogP contribution in [0, 0.1) is 23.7 Å². The quantitative estimate of drug-likeness (QED) is 0.0222. The highest BCUT2D eigenvalue weighted by molar-refractivity contribution is 7.47. The first-order valence-electron chi connectivity index (χ1n) is 39.3. The molecule has 4 unspecified atom stereocenters. The van der Waals surface area contributed by atoms with Gasteiger partial charge in [-0.15, -0.1) is 0 Å². The van der Waals surface area contributed by atoms with E-state index in [9.17, 15) is 43.2 Å². The van der Waals surface area contributed by atoms with Gasteiger partial charge in [0.2, 0.25) is 0 Å². The molecule has 0 amide bonds. The summed E-state index contributed by atoms with van der Waals surface area (Å²) in [4.78, 5) is 72.7. The Bertz CT molecular complexity index is 1870. The first kappa shape index (κ1) is 93.1. The zero-order valence-electron chi connectivity index (χ0n) is 62.3. The molecule has 95 heavy (non-hydrogen) atoms. The molecule has 0 aliphatic heterocycles. The molecule has 0 aliphatic carbocycles. The molecular formula is C76H148O17P2. The topological polar surface area (TPSA) is 237 Å². The summed E-state index contributed by atoms with van der Waals surface area (Å²) in [5.41, 5.74) is 0. The maximum Gasteiger partial charge on any atom is 0.472 e. The van der Waals surface area contributed by atoms with Gasteiger partial charge in [-0.3, -0.25) is 37.3 Å². The highest BCUT2D eigenvalue weighted by atomic mass is 31.2. The summed E-state index contributed by atoms with van der Waals surface area (Å²) in [6.07, 6.45) is 50.2. The number of phosphoric acid groups is 2. The highest BCUT2D eigenvalue weighted by Crippen LogP contribution is 2.45. The summed E-state index contributed by atoms with van der Waals surface area (Å²) in [6, 6.07) is 0. The largest absolute Gasteiger partial charge is 0.472 e. The van der Waals surface area contributed by atoms with E-state index in [4.69, 9.17) is 37.0 Å². The second-order valence-corrected chi connectivity index (χ2v) is 31.7. The average Bonchev–Trinajstić information content (AvgIpc) is 1.50. The summed E-state index contributed by atoms with van der Waals surface area (Å²) in [6.45, 7) is 14.1. The molecule has 0 aromatic carbocycles. The molecule has 0 saturated carbocycles. The number of ether oxygens (including phenoxy) is 4. The van der Waals surface area contributed by atoms with E-state index in [1.807, 2.05) is 0 Å². The van der Waals surface area contributed by atoms with E-state index >= 15 is 0 Å². The van der Waals surface area contributed by atoms with Gasteiger partial charge in [0.05, 0.1) is 26.4 Å². The molecule has 0 aromatic heterocycles. The van der Waals surface area contributed by atoms with Gasteiger partial charge in [0, 0.05) is 25.7 Å². The zero-order valence-corrected chi connectivity index (χ0v) is 64.1. The van der Waals surface area contributed by atoms with Crippen LogP contribution in [0.3, 0.4) is 0 Å². The van der Waals surface area contributed by atoms with Crippen LogP contribution in [-0.4, -0.2) is 96.7 Å². The summed E-state index contributed by atoms with van der Waals surface area (Å²) < 4.78 is 68.4. The highest BCUT2D eigenvalue weighted by Gasteiger charge is 2.30. The first-order chi connectivity index (χ1) is 45.7. The lowest BCUT2D eigenvalue weighted by atomic mass is 9.99. The number of hydrogen-bond acceptors (Lipinski definition) is 15. The Morgan fingerprint density at radius 1 is 0.295 bits per heavy atom. The molecule has 0 saturated heterocycles. The van der Waals surface area contributed by atoms with Crippen molar-refractivity contribution in [3.05, 3.63) is 0 Å². The van der Waals surface area contributed by atoms with Crippen molar-refractivity contribution in [2.24, 2.45) is 23.7 Å². The molecular weight excluding hydrogens is 1250 g/mol. The molecule has 0 aliphatic rings. The number of esters is 4. The van der Waals surface area contributed by atoms with Gasteiger partial charge in [0.15, 0.2) is 12.2 Å². The summed E-state index contributed by atoms with van der Waals surface area (Å²) >= 11 is 0. The van der Waals surface area contributed by atoms with E-state index in [-0.39, 0.29) is 25.7 Å². The standard InChI is InChI=1S/C76H148O17P2/c1-9-68(7)54-46-38-29-25-21-17-14-15-19-23-27-31-42-50-58-75(80)92-71(62-86-73(78)56-48-40-30-26-22-18-13-11-12-16-20-24-28-36-44-52-66(3)4)64-90-94(82,83)88-60-70(77)61-89-95(84,85)91-65-72(93-76(81)59-51-43-34-32-37-45-53-67(5)6)63-87-74(79)57-49-41-35-33-39-47-55-69(8)10-2/h66-72,77H,9-65H2,1-8H3,(H,82,83)(H,84,85)/t68?,69?,70-,71-,72-/m1/s1. The minimum Gasteiger partial charge on any atom is -0.462 e. The van der Waals surface area contributed by atoms with Gasteiger partial charge in [-0.05, 0) is 49.4 Å². The third kappa shape index (κ3) is 67.6. The van der Waals surface area contributed by atoms with Crippen LogP contribution < -0.4 is 0 Å². The lowest BCUT2D eigenvalue weighted by Crippen LogP contribution is -2.30. The predicted molar refractivity (Wildman–Crippen MR) is 386 cm³/mol. The van der Waals surface area contributed by atoms with Crippen molar-refractivity contribution in [3.63, 3.8) is 0 Å². The average molecular weight is 1400 g/mol. The Morgan fingerprint density at radius 3 is 0.747 bits per heavy atom. The predicted octanol–water partition coefficient (Wildman–Crippen LogP) is 22.0. The Hall–Kier alpha value is -1.94. The Balaban J connectivity index is 5.21. The van der Waals surface area contributed by atoms with Crippen molar-refractivity contribution >= 4 is 39.5 Å². The lowest BCUT2D eigenvalue weighted by Gasteiger charge is -2.21. The molecule has 0 rings (SSSR count). The molecule has 19 heteroatoms. The van der Waals surface area contributed by atoms with Gasteiger partial charge in [-0.2, -0.15) is 0 Å². The van der Waals surface area contributed by atoms with Gasteiger partial charge < -0.3 is 33.8 Å². The second kappa shape index (κ2) is 65.4. The third-order valence-corrected chi connectivity index (χ3v) is 20.2. The summed E-state index contributed by atoms with van der Waals surface area (Å²) in [5.74, 6) is 0.926. The minimum absolute atomic E-state index is 0.101. The maximum absolute atomic E-state index is 13.1. The fourth-order valence-corrected chi connectivity index (χ4v) is 13.1. The fraction of sp³-hybridized carbons (Fsp3) is 0.947. The molecule has 7 atom stereocenters. The molecule has 17 nitrogen and oxygen atoms in total. The molecule has 0 radical (unpaired) electrons. The Labute approximate surface area is 581 Å². The van der Waals surface area contributed by atoms with Crippen LogP contribution in [0.1, 0.15) is 383 Å². The van der Waals surface area contributed by atoms with Gasteiger partial charge >= 0.3 is 39.5 Å². The van der Waals surface area contributed by atoms with Crippen molar-refractivity contribution < 1.29 is 80.2 Å². The molecule has 3 N–H and O–H groups in total. The smallest absolute Gasteiger partial charge is 0.462 e. The van der Waals surface area contributed by atoms with E-state index in [1.54, 1.807) is 0 Å². The zero-order chi connectivity index (χ0) is 70.3. The van der Waals surface area contributed by atoms with Crippen LogP contribution in [-0.2, 0) is 65.4 Å². The van der Waals surface area contributed by atoms with Crippen LogP contribution in [0.15, 0.2) is 0 Å². The minimum atomic E-state index is -4.96. The van der Waals surface area contributed by atoms with Gasteiger partial charge in [0.25, 0.3) is 0 Å². The van der Waals surface area contributed by atoms with Crippen molar-refractivity contribution in [1.82, 2.24) is 0 Å². The third-order valence-electron chi connectivity index (χ3n) is 18.3. The van der Waals surface area contributed by atoms with Crippen molar-refractivity contribution in [3.8, 4) is 0 Å². The van der Waals surface area contributed by atoms with Crippen molar-refractivity contribution in [2.75, 3.05) is 39.6 Å². The summed E-state index contributed by atoms with van der Waals surface area (Å²) in [7, 11) is -9.91. The van der Waals surface area contributed by atoms with Crippen LogP contribution in [0.2, 0.25) is 0 Å². The molecule has 0 aromatic rings. The number of rotatable bonds is 73. The fourth-order valence-electron chi connectivity index (χ4n) is 11.5. The monoisotopic (exact) mass is 1400 g/mol. The first-order valence-corrected chi connectivity index (χ1v) is 42.3. The van der Waals surface area contributed by atoms with Crippen LogP contribution in [0.5, 0.6) is 0 Å². The molecule has 0 spiro atoms. The number of unbranched alkanes of at least 4 members (excludes halogenated alkanes) is 37. The lowest BCUT2D eigenvalue weighted by molar-refractivity contribution is -0.161. The normalized spacial score (nSPS) is 14.7.